The summed E-state index contributed by atoms with van der Waals surface area (Å²) in [6.45, 7) is 1.43. The number of aliphatic hydroxyl groups is 1. The number of benzene rings is 2. The number of ether oxygens (including phenoxy) is 1. The molecule has 2 aromatic carbocycles. The lowest BCUT2D eigenvalue weighted by Gasteiger charge is -2.14. The topological polar surface area (TPSA) is 72.6 Å². The Morgan fingerprint density at radius 1 is 1.29 bits per heavy atom. The van der Waals surface area contributed by atoms with Gasteiger partial charge in [-0.1, -0.05) is 29.8 Å². The average molecular weight is 312 g/mol. The minimum atomic E-state index is -1.00. The van der Waals surface area contributed by atoms with Crippen LogP contribution in [-0.2, 0) is 0 Å². The van der Waals surface area contributed by atoms with E-state index in [2.05, 4.69) is 0 Å². The van der Waals surface area contributed by atoms with Gasteiger partial charge < -0.3 is 9.84 Å². The lowest BCUT2D eigenvalue weighted by atomic mass is 10.1. The Balaban J connectivity index is 2.56. The lowest BCUT2D eigenvalue weighted by Crippen LogP contribution is -2.01. The quantitative estimate of drug-likeness (QED) is 0.677. The molecule has 0 aliphatic carbocycles. The van der Waals surface area contributed by atoms with E-state index in [9.17, 15) is 19.6 Å². The first-order chi connectivity index (χ1) is 9.91. The molecule has 0 aliphatic rings. The fourth-order valence-electron chi connectivity index (χ4n) is 1.81. The highest BCUT2D eigenvalue weighted by Crippen LogP contribution is 2.40. The van der Waals surface area contributed by atoms with Gasteiger partial charge in [0.25, 0.3) is 0 Å². The van der Waals surface area contributed by atoms with Crippen LogP contribution >= 0.6 is 11.6 Å². The van der Waals surface area contributed by atoms with E-state index in [1.54, 1.807) is 0 Å². The predicted octanol–water partition coefficient (Wildman–Crippen LogP) is 4.23. The van der Waals surface area contributed by atoms with Crippen LogP contribution in [0.2, 0.25) is 5.02 Å². The highest BCUT2D eigenvalue weighted by Gasteiger charge is 2.22. The van der Waals surface area contributed by atoms with Crippen molar-refractivity contribution in [3.63, 3.8) is 0 Å². The van der Waals surface area contributed by atoms with Crippen molar-refractivity contribution in [2.75, 3.05) is 0 Å². The van der Waals surface area contributed by atoms with Crippen molar-refractivity contribution in [3.8, 4) is 11.5 Å². The molecule has 2 aromatic rings. The van der Waals surface area contributed by atoms with E-state index in [1.807, 2.05) is 0 Å². The lowest BCUT2D eigenvalue weighted by molar-refractivity contribution is -0.385. The van der Waals surface area contributed by atoms with Gasteiger partial charge in [0.1, 0.15) is 0 Å². The molecule has 0 aliphatic heterocycles. The molecule has 0 saturated carbocycles. The molecule has 0 unspecified atom stereocenters. The number of hydrogen-bond donors (Lipinski definition) is 1. The van der Waals surface area contributed by atoms with Gasteiger partial charge in [-0.3, -0.25) is 10.1 Å². The fraction of sp³-hybridized carbons (Fsp3) is 0.143. The maximum absolute atomic E-state index is 13.9. The van der Waals surface area contributed by atoms with Crippen LogP contribution in [0.5, 0.6) is 11.5 Å². The third-order valence-corrected chi connectivity index (χ3v) is 3.09. The number of rotatable bonds is 4. The van der Waals surface area contributed by atoms with Gasteiger partial charge in [-0.05, 0) is 19.1 Å². The summed E-state index contributed by atoms with van der Waals surface area (Å²) < 4.78 is 19.2. The van der Waals surface area contributed by atoms with Gasteiger partial charge in [-0.2, -0.15) is 0 Å². The maximum atomic E-state index is 13.9. The summed E-state index contributed by atoms with van der Waals surface area (Å²) >= 11 is 5.89. The van der Waals surface area contributed by atoms with Gasteiger partial charge in [-0.15, -0.1) is 0 Å². The Hall–Kier alpha value is -2.18. The molecule has 7 heteroatoms. The summed E-state index contributed by atoms with van der Waals surface area (Å²) in [4.78, 5) is 10.3. The number of nitro groups is 1. The molecule has 0 bridgehead atoms. The monoisotopic (exact) mass is 311 g/mol. The van der Waals surface area contributed by atoms with E-state index < -0.39 is 16.8 Å². The summed E-state index contributed by atoms with van der Waals surface area (Å²) in [5.74, 6) is -1.30. The van der Waals surface area contributed by atoms with Gasteiger partial charge in [0.15, 0.2) is 11.6 Å². The van der Waals surface area contributed by atoms with Gasteiger partial charge >= 0.3 is 5.69 Å². The van der Waals surface area contributed by atoms with Gasteiger partial charge in [0, 0.05) is 11.6 Å². The highest BCUT2D eigenvalue weighted by atomic mass is 35.5. The SMILES string of the molecule is C[C@H](O)c1cccc(F)c1Oc1c(Cl)cccc1[N+](=O)[O-]. The van der Waals surface area contributed by atoms with Crippen molar-refractivity contribution in [2.24, 2.45) is 0 Å². The molecule has 0 aromatic heterocycles. The van der Waals surface area contributed by atoms with Crippen molar-refractivity contribution in [1.29, 1.82) is 0 Å². The molecular weight excluding hydrogens is 301 g/mol. The molecule has 2 rings (SSSR count). The molecule has 0 amide bonds. The van der Waals surface area contributed by atoms with Crippen molar-refractivity contribution >= 4 is 17.3 Å². The summed E-state index contributed by atoms with van der Waals surface area (Å²) in [6, 6.07) is 7.99. The second kappa shape index (κ2) is 6.07. The summed E-state index contributed by atoms with van der Waals surface area (Å²) in [5.41, 5.74) is -0.216. The summed E-state index contributed by atoms with van der Waals surface area (Å²) in [6.07, 6.45) is -1.00. The molecule has 0 saturated heterocycles. The molecule has 0 heterocycles. The summed E-state index contributed by atoms with van der Waals surface area (Å²) in [5, 5.41) is 20.6. The number of aliphatic hydroxyl groups excluding tert-OH is 1. The molecule has 0 radical (unpaired) electrons. The summed E-state index contributed by atoms with van der Waals surface area (Å²) in [7, 11) is 0. The zero-order chi connectivity index (χ0) is 15.6. The number of halogens is 2. The van der Waals surface area contributed by atoms with Crippen LogP contribution in [0.4, 0.5) is 10.1 Å². The second-order valence-corrected chi connectivity index (χ2v) is 4.69. The Morgan fingerprint density at radius 3 is 2.57 bits per heavy atom. The minimum Gasteiger partial charge on any atom is -0.445 e. The van der Waals surface area contributed by atoms with E-state index in [0.717, 1.165) is 6.07 Å². The third kappa shape index (κ3) is 3.12. The van der Waals surface area contributed by atoms with Crippen molar-refractivity contribution in [1.82, 2.24) is 0 Å². The van der Waals surface area contributed by atoms with Crippen molar-refractivity contribution in [2.45, 2.75) is 13.0 Å². The van der Waals surface area contributed by atoms with E-state index in [-0.39, 0.29) is 27.8 Å². The molecule has 0 spiro atoms. The minimum absolute atomic E-state index is 0.0241. The first-order valence-corrected chi connectivity index (χ1v) is 6.37. The fourth-order valence-corrected chi connectivity index (χ4v) is 2.01. The van der Waals surface area contributed by atoms with Crippen LogP contribution in [-0.4, -0.2) is 10.0 Å². The van der Waals surface area contributed by atoms with Crippen molar-refractivity contribution in [3.05, 3.63) is 62.9 Å². The molecule has 1 N–H and O–H groups in total. The van der Waals surface area contributed by atoms with Crippen LogP contribution in [0.1, 0.15) is 18.6 Å². The standard InChI is InChI=1S/C14H11ClFNO4/c1-8(18)9-4-2-6-11(16)13(9)21-14-10(15)5-3-7-12(14)17(19)20/h2-8,18H,1H3/t8-/m0/s1. The van der Waals surface area contributed by atoms with E-state index in [0.29, 0.717) is 0 Å². The normalized spacial score (nSPS) is 12.0. The highest BCUT2D eigenvalue weighted by molar-refractivity contribution is 6.32. The number of nitro benzene ring substituents is 1. The zero-order valence-electron chi connectivity index (χ0n) is 10.9. The number of hydrogen-bond acceptors (Lipinski definition) is 4. The van der Waals surface area contributed by atoms with Crippen LogP contribution in [0, 0.1) is 15.9 Å². The molecule has 5 nitrogen and oxygen atoms in total. The maximum Gasteiger partial charge on any atom is 0.313 e. The molecule has 1 atom stereocenters. The van der Waals surface area contributed by atoms with Crippen LogP contribution < -0.4 is 4.74 Å². The van der Waals surface area contributed by atoms with Gasteiger partial charge in [-0.25, -0.2) is 4.39 Å². The smallest absolute Gasteiger partial charge is 0.313 e. The number of para-hydroxylation sites is 2. The first-order valence-electron chi connectivity index (χ1n) is 5.99. The van der Waals surface area contributed by atoms with Crippen LogP contribution in [0.25, 0.3) is 0 Å². The van der Waals surface area contributed by atoms with Crippen molar-refractivity contribution < 1.29 is 19.2 Å². The van der Waals surface area contributed by atoms with Crippen LogP contribution in [0.15, 0.2) is 36.4 Å². The molecule has 110 valence electrons. The second-order valence-electron chi connectivity index (χ2n) is 4.28. The third-order valence-electron chi connectivity index (χ3n) is 2.79. The van der Waals surface area contributed by atoms with Gasteiger partial charge in [0.2, 0.25) is 5.75 Å². The predicted molar refractivity (Wildman–Crippen MR) is 75.2 cm³/mol. The Bertz CT molecular complexity index is 691. The van der Waals surface area contributed by atoms with E-state index in [1.165, 1.54) is 37.3 Å². The Kier molecular flexibility index (Phi) is 4.40. The van der Waals surface area contributed by atoms with Crippen LogP contribution in [0.3, 0.4) is 0 Å². The Morgan fingerprint density at radius 2 is 1.95 bits per heavy atom. The van der Waals surface area contributed by atoms with E-state index in [4.69, 9.17) is 16.3 Å². The zero-order valence-corrected chi connectivity index (χ0v) is 11.7. The molecule has 0 fully saturated rings. The average Bonchev–Trinajstić information content (AvgIpc) is 2.42. The Labute approximate surface area is 124 Å². The van der Waals surface area contributed by atoms with Gasteiger partial charge in [0.05, 0.1) is 16.0 Å². The molecular formula is C14H11ClFNO4. The van der Waals surface area contributed by atoms with E-state index >= 15 is 0 Å². The molecule has 21 heavy (non-hydrogen) atoms. The first kappa shape index (κ1) is 15.2. The number of nitrogens with zero attached hydrogens (tertiary/aromatic N) is 1. The largest absolute Gasteiger partial charge is 0.445 e.